The topological polar surface area (TPSA) is 79.4 Å². The normalized spacial score (nSPS) is 12.2. The third kappa shape index (κ3) is 3.08. The highest BCUT2D eigenvalue weighted by atomic mass is 19.4. The summed E-state index contributed by atoms with van der Waals surface area (Å²) in [5.74, 6) is 0. The molecule has 6 nitrogen and oxygen atoms in total. The van der Waals surface area contributed by atoms with E-state index in [1.807, 2.05) is 36.4 Å². The maximum absolute atomic E-state index is 13.3. The number of benzene rings is 3. The molecule has 3 aromatic carbocycles. The van der Waals surface area contributed by atoms with E-state index < -0.39 is 17.4 Å². The van der Waals surface area contributed by atoms with Gasteiger partial charge in [0.2, 0.25) is 0 Å². The second kappa shape index (κ2) is 6.80. The van der Waals surface area contributed by atoms with E-state index in [1.165, 1.54) is 22.9 Å². The minimum absolute atomic E-state index is 0.123. The molecule has 0 unspecified atom stereocenters. The van der Waals surface area contributed by atoms with Gasteiger partial charge in [-0.3, -0.25) is 9.55 Å². The van der Waals surface area contributed by atoms with Gasteiger partial charge < -0.3 is 9.97 Å². The van der Waals surface area contributed by atoms with Crippen molar-refractivity contribution < 1.29 is 13.2 Å². The molecule has 33 heavy (non-hydrogen) atoms. The van der Waals surface area contributed by atoms with Gasteiger partial charge in [0.15, 0.2) is 0 Å². The molecule has 0 amide bonds. The third-order valence-corrected chi connectivity index (χ3v) is 5.69. The molecule has 0 saturated heterocycles. The summed E-state index contributed by atoms with van der Waals surface area (Å²) in [6.45, 7) is 0. The van der Waals surface area contributed by atoms with Gasteiger partial charge in [0.25, 0.3) is 0 Å². The Morgan fingerprint density at radius 1 is 0.848 bits per heavy atom. The minimum Gasteiger partial charge on any atom is -0.345 e. The second-order valence-corrected chi connectivity index (χ2v) is 7.70. The van der Waals surface area contributed by atoms with Crippen molar-refractivity contribution in [3.63, 3.8) is 0 Å². The largest absolute Gasteiger partial charge is 0.416 e. The molecule has 0 fully saturated rings. The van der Waals surface area contributed by atoms with Crippen LogP contribution in [0, 0.1) is 0 Å². The van der Waals surface area contributed by atoms with Crippen LogP contribution in [0.15, 0.2) is 78.0 Å². The van der Waals surface area contributed by atoms with Gasteiger partial charge in [-0.15, -0.1) is 0 Å². The predicted molar refractivity (Wildman–Crippen MR) is 119 cm³/mol. The van der Waals surface area contributed by atoms with Crippen LogP contribution in [-0.4, -0.2) is 24.5 Å². The first-order valence-corrected chi connectivity index (χ1v) is 10.0. The lowest BCUT2D eigenvalue weighted by Gasteiger charge is -2.11. The minimum atomic E-state index is -4.52. The van der Waals surface area contributed by atoms with Gasteiger partial charge in [0, 0.05) is 5.39 Å². The van der Waals surface area contributed by atoms with E-state index in [2.05, 4.69) is 19.9 Å². The predicted octanol–water partition coefficient (Wildman–Crippen LogP) is 5.43. The first kappa shape index (κ1) is 19.3. The Kier molecular flexibility index (Phi) is 3.97. The molecule has 9 heteroatoms. The molecule has 6 aromatic rings. The van der Waals surface area contributed by atoms with Crippen molar-refractivity contribution >= 4 is 33.0 Å². The Hall–Kier alpha value is -4.40. The number of aromatic amines is 2. The zero-order chi connectivity index (χ0) is 22.7. The number of H-pyrrole nitrogens is 2. The lowest BCUT2D eigenvalue weighted by molar-refractivity contribution is -0.137. The van der Waals surface area contributed by atoms with E-state index in [4.69, 9.17) is 0 Å². The number of rotatable bonds is 2. The maximum atomic E-state index is 13.3. The first-order valence-electron chi connectivity index (χ1n) is 10.0. The number of nitrogens with one attached hydrogen (secondary N) is 2. The Labute approximate surface area is 183 Å². The summed E-state index contributed by atoms with van der Waals surface area (Å²) in [6.07, 6.45) is -1.39. The lowest BCUT2D eigenvalue weighted by atomic mass is 10.0. The molecule has 0 saturated carbocycles. The SMILES string of the molecule is O=c1[nH]c2cnc3ccc(-c4ccc5nc[nH]c5c4)cc3c2n1-c1cccc(C(F)(F)F)c1. The summed E-state index contributed by atoms with van der Waals surface area (Å²) in [6, 6.07) is 16.2. The fourth-order valence-electron chi connectivity index (χ4n) is 4.15. The Morgan fingerprint density at radius 3 is 2.45 bits per heavy atom. The first-order chi connectivity index (χ1) is 15.9. The van der Waals surface area contributed by atoms with Gasteiger partial charge >= 0.3 is 11.9 Å². The van der Waals surface area contributed by atoms with Gasteiger partial charge in [-0.2, -0.15) is 13.2 Å². The van der Waals surface area contributed by atoms with Crippen LogP contribution in [-0.2, 0) is 6.18 Å². The molecular formula is C24H14F3N5O. The number of hydrogen-bond acceptors (Lipinski definition) is 3. The molecule has 6 rings (SSSR count). The summed E-state index contributed by atoms with van der Waals surface area (Å²) < 4.78 is 41.1. The molecule has 0 aliphatic carbocycles. The molecule has 3 heterocycles. The van der Waals surface area contributed by atoms with Crippen molar-refractivity contribution in [3.8, 4) is 16.8 Å². The van der Waals surface area contributed by atoms with Gasteiger partial charge in [-0.25, -0.2) is 9.78 Å². The second-order valence-electron chi connectivity index (χ2n) is 7.70. The zero-order valence-electron chi connectivity index (χ0n) is 16.8. The van der Waals surface area contributed by atoms with E-state index >= 15 is 0 Å². The Balaban J connectivity index is 1.62. The van der Waals surface area contributed by atoms with Gasteiger partial charge in [0.05, 0.1) is 51.4 Å². The maximum Gasteiger partial charge on any atom is 0.416 e. The average Bonchev–Trinajstić information content (AvgIpc) is 3.41. The van der Waals surface area contributed by atoms with E-state index in [1.54, 1.807) is 6.33 Å². The number of hydrogen-bond donors (Lipinski definition) is 2. The molecular weight excluding hydrogens is 431 g/mol. The number of imidazole rings is 2. The van der Waals surface area contributed by atoms with Crippen molar-refractivity contribution in [2.45, 2.75) is 6.18 Å². The van der Waals surface area contributed by atoms with Crippen LogP contribution >= 0.6 is 0 Å². The van der Waals surface area contributed by atoms with Crippen molar-refractivity contribution in [1.82, 2.24) is 24.5 Å². The average molecular weight is 445 g/mol. The number of aromatic nitrogens is 5. The van der Waals surface area contributed by atoms with Crippen molar-refractivity contribution in [2.24, 2.45) is 0 Å². The smallest absolute Gasteiger partial charge is 0.345 e. The summed E-state index contributed by atoms with van der Waals surface area (Å²) in [5, 5.41) is 0.644. The van der Waals surface area contributed by atoms with Crippen LogP contribution in [0.1, 0.15) is 5.56 Å². The standard InChI is InChI=1S/C24H14F3N5O/c25-24(26,27)15-2-1-3-16(10-15)32-22-17-8-13(14-5-7-19-20(9-14)30-12-29-19)4-6-18(17)28-11-21(22)31-23(32)33/h1-12H,(H,29,30)(H,31,33). The van der Waals surface area contributed by atoms with E-state index in [-0.39, 0.29) is 5.69 Å². The molecule has 0 aliphatic heterocycles. The van der Waals surface area contributed by atoms with E-state index in [9.17, 15) is 18.0 Å². The number of halogens is 3. The van der Waals surface area contributed by atoms with Gasteiger partial charge in [-0.05, 0) is 53.6 Å². The molecule has 0 radical (unpaired) electrons. The van der Waals surface area contributed by atoms with Crippen LogP contribution < -0.4 is 5.69 Å². The zero-order valence-corrected chi connectivity index (χ0v) is 16.8. The highest BCUT2D eigenvalue weighted by Gasteiger charge is 2.30. The molecule has 3 aromatic heterocycles. The van der Waals surface area contributed by atoms with Crippen molar-refractivity contribution in [2.75, 3.05) is 0 Å². The van der Waals surface area contributed by atoms with Crippen molar-refractivity contribution in [3.05, 3.63) is 89.2 Å². The van der Waals surface area contributed by atoms with Gasteiger partial charge in [-0.1, -0.05) is 18.2 Å². The number of alkyl halides is 3. The number of nitrogens with zero attached hydrogens (tertiary/aromatic N) is 3. The highest BCUT2D eigenvalue weighted by Crippen LogP contribution is 2.33. The fraction of sp³-hybridized carbons (Fsp3) is 0.0417. The fourth-order valence-corrected chi connectivity index (χ4v) is 4.15. The molecule has 0 aliphatic rings. The van der Waals surface area contributed by atoms with Gasteiger partial charge in [0.1, 0.15) is 0 Å². The van der Waals surface area contributed by atoms with E-state index in [0.29, 0.717) is 21.9 Å². The Morgan fingerprint density at radius 2 is 1.64 bits per heavy atom. The molecule has 0 bridgehead atoms. The van der Waals surface area contributed by atoms with Crippen LogP contribution in [0.25, 0.3) is 49.8 Å². The molecule has 162 valence electrons. The molecule has 0 spiro atoms. The third-order valence-electron chi connectivity index (χ3n) is 5.69. The molecule has 2 N–H and O–H groups in total. The lowest BCUT2D eigenvalue weighted by Crippen LogP contribution is -2.15. The number of fused-ring (bicyclic) bond motifs is 4. The highest BCUT2D eigenvalue weighted by molar-refractivity contribution is 6.04. The van der Waals surface area contributed by atoms with Crippen LogP contribution in [0.3, 0.4) is 0 Å². The summed E-state index contributed by atoms with van der Waals surface area (Å²) in [4.78, 5) is 27.2. The quantitative estimate of drug-likeness (QED) is 0.373. The van der Waals surface area contributed by atoms with Crippen LogP contribution in [0.4, 0.5) is 13.2 Å². The molecule has 0 atom stereocenters. The van der Waals surface area contributed by atoms with E-state index in [0.717, 1.165) is 34.3 Å². The number of pyridine rings is 1. The monoisotopic (exact) mass is 445 g/mol. The van der Waals surface area contributed by atoms with Crippen molar-refractivity contribution in [1.29, 1.82) is 0 Å². The van der Waals surface area contributed by atoms with Crippen LogP contribution in [0.2, 0.25) is 0 Å². The summed E-state index contributed by atoms with van der Waals surface area (Å²) in [7, 11) is 0. The van der Waals surface area contributed by atoms with Crippen LogP contribution in [0.5, 0.6) is 0 Å². The Bertz CT molecular complexity index is 1740. The summed E-state index contributed by atoms with van der Waals surface area (Å²) >= 11 is 0. The summed E-state index contributed by atoms with van der Waals surface area (Å²) in [5.41, 5.74) is 3.80.